The largest absolute Gasteiger partial charge is 0.454 e. The summed E-state index contributed by atoms with van der Waals surface area (Å²) in [7, 11) is 0. The van der Waals surface area contributed by atoms with E-state index in [1.165, 1.54) is 0 Å². The van der Waals surface area contributed by atoms with Gasteiger partial charge in [0.05, 0.1) is 17.2 Å². The van der Waals surface area contributed by atoms with Gasteiger partial charge in [-0.1, -0.05) is 25.0 Å². The zero-order valence-electron chi connectivity index (χ0n) is 17.6. The van der Waals surface area contributed by atoms with Crippen molar-refractivity contribution in [2.24, 2.45) is 5.92 Å². The third kappa shape index (κ3) is 4.00. The molecule has 2 aliphatic heterocycles. The van der Waals surface area contributed by atoms with E-state index in [0.717, 1.165) is 25.7 Å². The zero-order valence-corrected chi connectivity index (χ0v) is 17.6. The molecular weight excluding hydrogens is 410 g/mol. The maximum absolute atomic E-state index is 13.0. The van der Waals surface area contributed by atoms with Crippen molar-refractivity contribution in [3.8, 4) is 11.5 Å². The van der Waals surface area contributed by atoms with Crippen molar-refractivity contribution in [3.63, 3.8) is 0 Å². The normalized spacial score (nSPS) is 19.9. The SMILES string of the molecule is O=C(NC1CCCC1)c1ccccc1NC(=O)C1CC(=O)N(c2ccc3c(c2)OCO3)C1. The fourth-order valence-electron chi connectivity index (χ4n) is 4.54. The van der Waals surface area contributed by atoms with Crippen molar-refractivity contribution in [1.29, 1.82) is 0 Å². The minimum atomic E-state index is -0.515. The number of nitrogens with zero attached hydrogens (tertiary/aromatic N) is 1. The molecule has 2 N–H and O–H groups in total. The predicted octanol–water partition coefficient (Wildman–Crippen LogP) is 3.08. The fraction of sp³-hybridized carbons (Fsp3) is 0.375. The van der Waals surface area contributed by atoms with Gasteiger partial charge >= 0.3 is 0 Å². The Morgan fingerprint density at radius 2 is 1.78 bits per heavy atom. The van der Waals surface area contributed by atoms with Crippen LogP contribution in [0.1, 0.15) is 42.5 Å². The first-order chi connectivity index (χ1) is 15.6. The van der Waals surface area contributed by atoms with Gasteiger partial charge in [0.2, 0.25) is 18.6 Å². The molecule has 1 aliphatic carbocycles. The number of hydrogen-bond donors (Lipinski definition) is 2. The first-order valence-corrected chi connectivity index (χ1v) is 11.0. The molecule has 0 spiro atoms. The lowest BCUT2D eigenvalue weighted by atomic mass is 10.1. The lowest BCUT2D eigenvalue weighted by Crippen LogP contribution is -2.34. The van der Waals surface area contributed by atoms with Gasteiger partial charge in [0.15, 0.2) is 11.5 Å². The molecular formula is C24H25N3O5. The van der Waals surface area contributed by atoms with E-state index >= 15 is 0 Å². The van der Waals surface area contributed by atoms with Crippen molar-refractivity contribution < 1.29 is 23.9 Å². The predicted molar refractivity (Wildman–Crippen MR) is 118 cm³/mol. The Kier molecular flexibility index (Phi) is 5.43. The highest BCUT2D eigenvalue weighted by atomic mass is 16.7. The van der Waals surface area contributed by atoms with E-state index in [2.05, 4.69) is 10.6 Å². The van der Waals surface area contributed by atoms with E-state index in [1.807, 2.05) is 0 Å². The molecule has 166 valence electrons. The van der Waals surface area contributed by atoms with Crippen molar-refractivity contribution in [2.75, 3.05) is 23.6 Å². The van der Waals surface area contributed by atoms with Gasteiger partial charge in [-0.25, -0.2) is 0 Å². The summed E-state index contributed by atoms with van der Waals surface area (Å²) in [6.07, 6.45) is 4.33. The first-order valence-electron chi connectivity index (χ1n) is 11.0. The Hall–Kier alpha value is -3.55. The van der Waals surface area contributed by atoms with Crippen molar-refractivity contribution >= 4 is 29.1 Å². The number of anilines is 2. The molecule has 3 amide bonds. The molecule has 2 aromatic rings. The Morgan fingerprint density at radius 3 is 2.62 bits per heavy atom. The standard InChI is InChI=1S/C24H25N3O5/c28-22-11-15(13-27(22)17-9-10-20-21(12-17)32-14-31-20)23(29)26-19-8-4-3-7-18(19)24(30)25-16-5-1-2-6-16/h3-4,7-10,12,15-16H,1-2,5-6,11,13-14H2,(H,25,30)(H,26,29). The number of carbonyl (C=O) groups excluding carboxylic acids is 3. The van der Waals surface area contributed by atoms with Gasteiger partial charge in [-0.15, -0.1) is 0 Å². The summed E-state index contributed by atoms with van der Waals surface area (Å²) >= 11 is 0. The van der Waals surface area contributed by atoms with Crippen molar-refractivity contribution in [1.82, 2.24) is 5.32 Å². The second-order valence-electron chi connectivity index (χ2n) is 8.43. The zero-order chi connectivity index (χ0) is 22.1. The third-order valence-corrected chi connectivity index (χ3v) is 6.28. The van der Waals surface area contributed by atoms with Gasteiger partial charge in [0.25, 0.3) is 5.91 Å². The van der Waals surface area contributed by atoms with Crippen molar-refractivity contribution in [3.05, 3.63) is 48.0 Å². The Bertz CT molecular complexity index is 1060. The van der Waals surface area contributed by atoms with Crippen LogP contribution in [0.5, 0.6) is 11.5 Å². The topological polar surface area (TPSA) is 97.0 Å². The highest BCUT2D eigenvalue weighted by Gasteiger charge is 2.36. The molecule has 0 radical (unpaired) electrons. The minimum Gasteiger partial charge on any atom is -0.454 e. The number of ether oxygens (including phenoxy) is 2. The molecule has 1 saturated heterocycles. The van der Waals surface area contributed by atoms with Gasteiger partial charge in [-0.2, -0.15) is 0 Å². The number of hydrogen-bond acceptors (Lipinski definition) is 5. The summed E-state index contributed by atoms with van der Waals surface area (Å²) in [5.41, 5.74) is 1.57. The summed E-state index contributed by atoms with van der Waals surface area (Å²) in [4.78, 5) is 39.9. The number of amides is 3. The van der Waals surface area contributed by atoms with E-state index in [9.17, 15) is 14.4 Å². The van der Waals surface area contributed by atoms with Crippen LogP contribution in [0, 0.1) is 5.92 Å². The Balaban J connectivity index is 1.27. The van der Waals surface area contributed by atoms with Crippen LogP contribution >= 0.6 is 0 Å². The Morgan fingerprint density at radius 1 is 1.00 bits per heavy atom. The quantitative estimate of drug-likeness (QED) is 0.752. The molecule has 5 rings (SSSR count). The number of carbonyl (C=O) groups is 3. The minimum absolute atomic E-state index is 0.108. The molecule has 8 heteroatoms. The summed E-state index contributed by atoms with van der Waals surface area (Å²) in [5.74, 6) is 0.128. The average Bonchev–Trinajstić information content (AvgIpc) is 3.54. The molecule has 3 aliphatic rings. The van der Waals surface area contributed by atoms with Crippen LogP contribution in [-0.4, -0.2) is 37.1 Å². The first kappa shape index (κ1) is 20.4. The van der Waals surface area contributed by atoms with E-state index in [4.69, 9.17) is 9.47 Å². The summed E-state index contributed by atoms with van der Waals surface area (Å²) < 4.78 is 10.7. The van der Waals surface area contributed by atoms with E-state index < -0.39 is 5.92 Å². The van der Waals surface area contributed by atoms with Crippen LogP contribution in [0.4, 0.5) is 11.4 Å². The number of fused-ring (bicyclic) bond motifs is 1. The molecule has 1 atom stereocenters. The van der Waals surface area contributed by atoms with Crippen LogP contribution in [0.2, 0.25) is 0 Å². The van der Waals surface area contributed by atoms with Crippen molar-refractivity contribution in [2.45, 2.75) is 38.1 Å². The lowest BCUT2D eigenvalue weighted by Gasteiger charge is -2.18. The van der Waals surface area contributed by atoms with Crippen LogP contribution in [0.3, 0.4) is 0 Å². The second-order valence-corrected chi connectivity index (χ2v) is 8.43. The maximum atomic E-state index is 13.0. The summed E-state index contributed by atoms with van der Waals surface area (Å²) in [5, 5.41) is 5.93. The molecule has 32 heavy (non-hydrogen) atoms. The monoisotopic (exact) mass is 435 g/mol. The summed E-state index contributed by atoms with van der Waals surface area (Å²) in [6.45, 7) is 0.423. The highest BCUT2D eigenvalue weighted by molar-refractivity contribution is 6.07. The molecule has 8 nitrogen and oxygen atoms in total. The Labute approximate surface area is 185 Å². The number of nitrogens with one attached hydrogen (secondary N) is 2. The maximum Gasteiger partial charge on any atom is 0.253 e. The van der Waals surface area contributed by atoms with E-state index in [-0.39, 0.29) is 43.5 Å². The van der Waals surface area contributed by atoms with E-state index in [0.29, 0.717) is 28.4 Å². The number of benzene rings is 2. The lowest BCUT2D eigenvalue weighted by molar-refractivity contribution is -0.122. The number of para-hydroxylation sites is 1. The van der Waals surface area contributed by atoms with Crippen LogP contribution in [-0.2, 0) is 9.59 Å². The highest BCUT2D eigenvalue weighted by Crippen LogP contribution is 2.37. The molecule has 2 heterocycles. The fourth-order valence-corrected chi connectivity index (χ4v) is 4.54. The molecule has 2 fully saturated rings. The van der Waals surface area contributed by atoms with Gasteiger partial charge in [0, 0.05) is 30.8 Å². The van der Waals surface area contributed by atoms with Gasteiger partial charge in [0.1, 0.15) is 0 Å². The number of rotatable bonds is 5. The molecule has 1 unspecified atom stereocenters. The summed E-state index contributed by atoms with van der Waals surface area (Å²) in [6, 6.07) is 12.5. The van der Waals surface area contributed by atoms with Crippen LogP contribution in [0.25, 0.3) is 0 Å². The van der Waals surface area contributed by atoms with Crippen LogP contribution in [0.15, 0.2) is 42.5 Å². The second kappa shape index (κ2) is 8.53. The average molecular weight is 435 g/mol. The molecule has 0 bridgehead atoms. The molecule has 0 aromatic heterocycles. The molecule has 2 aromatic carbocycles. The third-order valence-electron chi connectivity index (χ3n) is 6.28. The van der Waals surface area contributed by atoms with Crippen LogP contribution < -0.4 is 25.0 Å². The van der Waals surface area contributed by atoms with Gasteiger partial charge in [-0.05, 0) is 37.1 Å². The van der Waals surface area contributed by atoms with Gasteiger partial charge in [-0.3, -0.25) is 14.4 Å². The van der Waals surface area contributed by atoms with Gasteiger partial charge < -0.3 is 25.0 Å². The van der Waals surface area contributed by atoms with E-state index in [1.54, 1.807) is 47.4 Å². The smallest absolute Gasteiger partial charge is 0.253 e. The molecule has 1 saturated carbocycles.